The van der Waals surface area contributed by atoms with E-state index in [-0.39, 0.29) is 10.8 Å². The highest BCUT2D eigenvalue weighted by Gasteiger charge is 2.29. The maximum absolute atomic E-state index is 13.4. The fourth-order valence-electron chi connectivity index (χ4n) is 1.66. The van der Waals surface area contributed by atoms with Gasteiger partial charge in [0, 0.05) is 6.07 Å². The van der Waals surface area contributed by atoms with E-state index in [2.05, 4.69) is 15.8 Å². The quantitative estimate of drug-likeness (QED) is 0.371. The fraction of sp³-hybridized carbons (Fsp3) is 0.0667. The summed E-state index contributed by atoms with van der Waals surface area (Å²) in [6.45, 7) is 0. The maximum Gasteiger partial charge on any atom is 0.416 e. The van der Waals surface area contributed by atoms with Gasteiger partial charge in [-0.3, -0.25) is 5.43 Å². The molecule has 0 fully saturated rings. The highest BCUT2D eigenvalue weighted by molar-refractivity contribution is 7.80. The van der Waals surface area contributed by atoms with E-state index in [4.69, 9.17) is 12.2 Å². The molecule has 2 rings (SSSR count). The molecular weight excluding hydrogens is 349 g/mol. The molecule has 9 heteroatoms. The molecule has 0 spiro atoms. The van der Waals surface area contributed by atoms with Gasteiger partial charge in [0.05, 0.1) is 17.5 Å². The van der Waals surface area contributed by atoms with Crippen molar-refractivity contribution in [2.24, 2.45) is 5.10 Å². The zero-order valence-electron chi connectivity index (χ0n) is 11.9. The van der Waals surface area contributed by atoms with Gasteiger partial charge in [-0.05, 0) is 42.0 Å². The van der Waals surface area contributed by atoms with Crippen LogP contribution in [0.1, 0.15) is 11.1 Å². The first-order valence-electron chi connectivity index (χ1n) is 6.48. The number of hydrogen-bond acceptors (Lipinski definition) is 2. The third kappa shape index (κ3) is 4.98. The summed E-state index contributed by atoms with van der Waals surface area (Å²) in [5.74, 6) is -1.55. The van der Waals surface area contributed by atoms with Gasteiger partial charge < -0.3 is 5.32 Å². The summed E-state index contributed by atoms with van der Waals surface area (Å²) >= 11 is 4.87. The molecule has 0 atom stereocenters. The molecule has 0 aliphatic rings. The summed E-state index contributed by atoms with van der Waals surface area (Å²) in [4.78, 5) is 0. The number of benzene rings is 2. The second kappa shape index (κ2) is 7.35. The van der Waals surface area contributed by atoms with Crippen LogP contribution in [0.5, 0.6) is 0 Å². The molecule has 2 aromatic carbocycles. The summed E-state index contributed by atoms with van der Waals surface area (Å²) in [6, 6.07) is 7.24. The second-order valence-electron chi connectivity index (χ2n) is 4.57. The van der Waals surface area contributed by atoms with Crippen LogP contribution < -0.4 is 10.7 Å². The van der Waals surface area contributed by atoms with Crippen molar-refractivity contribution >= 4 is 29.2 Å². The monoisotopic (exact) mass is 359 g/mol. The zero-order chi connectivity index (χ0) is 17.7. The number of nitrogens with zero attached hydrogens (tertiary/aromatic N) is 1. The number of anilines is 1. The Hall–Kier alpha value is -2.55. The lowest BCUT2D eigenvalue weighted by Gasteiger charge is -2.08. The molecule has 0 amide bonds. The summed E-state index contributed by atoms with van der Waals surface area (Å²) in [5.41, 5.74) is 1.97. The van der Waals surface area contributed by atoms with Gasteiger partial charge in [0.2, 0.25) is 0 Å². The normalized spacial score (nSPS) is 11.5. The van der Waals surface area contributed by atoms with E-state index in [1.165, 1.54) is 18.3 Å². The summed E-state index contributed by atoms with van der Waals surface area (Å²) < 4.78 is 63.4. The van der Waals surface area contributed by atoms with Gasteiger partial charge in [-0.25, -0.2) is 8.78 Å². The lowest BCUT2D eigenvalue weighted by atomic mass is 10.1. The van der Waals surface area contributed by atoms with Crippen LogP contribution >= 0.6 is 12.2 Å². The van der Waals surface area contributed by atoms with Crippen LogP contribution in [0.15, 0.2) is 47.6 Å². The largest absolute Gasteiger partial charge is 0.416 e. The molecule has 0 radical (unpaired) electrons. The van der Waals surface area contributed by atoms with Gasteiger partial charge in [0.1, 0.15) is 11.6 Å². The molecule has 3 nitrogen and oxygen atoms in total. The number of thiocarbonyl (C=S) groups is 1. The van der Waals surface area contributed by atoms with E-state index in [0.717, 1.165) is 24.3 Å². The van der Waals surface area contributed by atoms with Crippen LogP contribution in [0.3, 0.4) is 0 Å². The van der Waals surface area contributed by atoms with Gasteiger partial charge in [0.15, 0.2) is 5.11 Å². The Morgan fingerprint density at radius 2 is 1.71 bits per heavy atom. The number of alkyl halides is 3. The van der Waals surface area contributed by atoms with E-state index in [1.807, 2.05) is 0 Å². The third-order valence-corrected chi connectivity index (χ3v) is 2.99. The molecule has 0 unspecified atom stereocenters. The molecule has 0 aromatic heterocycles. The van der Waals surface area contributed by atoms with Crippen molar-refractivity contribution in [3.8, 4) is 0 Å². The first kappa shape index (κ1) is 17.8. The van der Waals surface area contributed by atoms with Crippen molar-refractivity contribution in [2.45, 2.75) is 6.18 Å². The van der Waals surface area contributed by atoms with Crippen LogP contribution in [-0.4, -0.2) is 11.3 Å². The number of hydrogen-bond donors (Lipinski definition) is 2. The Bertz CT molecular complexity index is 757. The number of nitrogens with one attached hydrogen (secondary N) is 2. The Balaban J connectivity index is 1.92. The Kier molecular flexibility index (Phi) is 5.45. The molecule has 126 valence electrons. The van der Waals surface area contributed by atoms with E-state index in [9.17, 15) is 22.0 Å². The summed E-state index contributed by atoms with van der Waals surface area (Å²) in [6.07, 6.45) is -3.16. The highest BCUT2D eigenvalue weighted by Crippen LogP contribution is 2.28. The first-order chi connectivity index (χ1) is 11.3. The molecule has 0 saturated heterocycles. The molecular formula is C15H10F5N3S. The first-order valence-corrected chi connectivity index (χ1v) is 6.89. The minimum atomic E-state index is -4.40. The lowest BCUT2D eigenvalue weighted by molar-refractivity contribution is -0.137. The maximum atomic E-state index is 13.4. The molecule has 2 N–H and O–H groups in total. The number of halogens is 5. The molecule has 0 aliphatic heterocycles. The number of hydrazone groups is 1. The van der Waals surface area contributed by atoms with Gasteiger partial charge in [0.25, 0.3) is 0 Å². The van der Waals surface area contributed by atoms with Gasteiger partial charge in [-0.2, -0.15) is 18.3 Å². The van der Waals surface area contributed by atoms with Crippen molar-refractivity contribution in [3.63, 3.8) is 0 Å². The SMILES string of the molecule is Fc1ccc(NC(=S)NN=Cc2ccc(C(F)(F)F)cc2)c(F)c1. The Morgan fingerprint density at radius 1 is 1.04 bits per heavy atom. The van der Waals surface area contributed by atoms with Crippen molar-refractivity contribution in [2.75, 3.05) is 5.32 Å². The van der Waals surface area contributed by atoms with Crippen molar-refractivity contribution in [3.05, 3.63) is 65.2 Å². The van der Waals surface area contributed by atoms with Crippen molar-refractivity contribution in [1.29, 1.82) is 0 Å². The molecule has 0 bridgehead atoms. The number of rotatable bonds is 3. The summed E-state index contributed by atoms with van der Waals surface area (Å²) in [7, 11) is 0. The predicted octanol–water partition coefficient (Wildman–Crippen LogP) is 4.30. The zero-order valence-corrected chi connectivity index (χ0v) is 12.7. The van der Waals surface area contributed by atoms with Crippen LogP contribution in [0.25, 0.3) is 0 Å². The van der Waals surface area contributed by atoms with Gasteiger partial charge in [-0.15, -0.1) is 0 Å². The highest BCUT2D eigenvalue weighted by atomic mass is 32.1. The van der Waals surface area contributed by atoms with Crippen LogP contribution in [0, 0.1) is 11.6 Å². The molecule has 0 aliphatic carbocycles. The Morgan fingerprint density at radius 3 is 2.29 bits per heavy atom. The van der Waals surface area contributed by atoms with Crippen LogP contribution in [0.4, 0.5) is 27.6 Å². The predicted molar refractivity (Wildman–Crippen MR) is 84.8 cm³/mol. The van der Waals surface area contributed by atoms with E-state index in [0.29, 0.717) is 11.6 Å². The topological polar surface area (TPSA) is 36.4 Å². The van der Waals surface area contributed by atoms with Gasteiger partial charge in [-0.1, -0.05) is 12.1 Å². The fourth-order valence-corrected chi connectivity index (χ4v) is 1.83. The molecule has 2 aromatic rings. The molecule has 0 saturated carbocycles. The standard InChI is InChI=1S/C15H10F5N3S/c16-11-5-6-13(12(17)7-11)22-14(24)23-21-8-9-1-3-10(4-2-9)15(18,19)20/h1-8H,(H2,22,23,24). The van der Waals surface area contributed by atoms with Crippen molar-refractivity contribution in [1.82, 2.24) is 5.43 Å². The Labute approximate surface area is 139 Å². The van der Waals surface area contributed by atoms with E-state index >= 15 is 0 Å². The average molecular weight is 359 g/mol. The third-order valence-electron chi connectivity index (χ3n) is 2.80. The van der Waals surface area contributed by atoms with Crippen LogP contribution in [-0.2, 0) is 6.18 Å². The minimum Gasteiger partial charge on any atom is -0.329 e. The molecule has 0 heterocycles. The van der Waals surface area contributed by atoms with Crippen LogP contribution in [0.2, 0.25) is 0 Å². The summed E-state index contributed by atoms with van der Waals surface area (Å²) in [5, 5.41) is 6.12. The smallest absolute Gasteiger partial charge is 0.329 e. The lowest BCUT2D eigenvalue weighted by Crippen LogP contribution is -2.24. The average Bonchev–Trinajstić information content (AvgIpc) is 2.50. The van der Waals surface area contributed by atoms with Gasteiger partial charge >= 0.3 is 6.18 Å². The van der Waals surface area contributed by atoms with E-state index < -0.39 is 23.4 Å². The second-order valence-corrected chi connectivity index (χ2v) is 4.98. The van der Waals surface area contributed by atoms with E-state index in [1.54, 1.807) is 0 Å². The van der Waals surface area contributed by atoms with Crippen molar-refractivity contribution < 1.29 is 22.0 Å². The minimum absolute atomic E-state index is 0.0429. The molecule has 24 heavy (non-hydrogen) atoms.